The fourth-order valence-corrected chi connectivity index (χ4v) is 4.34. The largest absolute Gasteiger partial charge is 0.490 e. The van der Waals surface area contributed by atoms with Gasteiger partial charge in [0.2, 0.25) is 0 Å². The van der Waals surface area contributed by atoms with E-state index in [1.54, 1.807) is 6.07 Å². The average molecular weight is 419 g/mol. The zero-order valence-corrected chi connectivity index (χ0v) is 17.0. The summed E-state index contributed by atoms with van der Waals surface area (Å²) in [6.45, 7) is 2.97. The van der Waals surface area contributed by atoms with Crippen LogP contribution in [0.3, 0.4) is 0 Å². The Morgan fingerprint density at radius 2 is 2.14 bits per heavy atom. The first-order valence-electron chi connectivity index (χ1n) is 9.92. The van der Waals surface area contributed by atoms with Crippen LogP contribution < -0.4 is 14.9 Å². The fourth-order valence-electron chi connectivity index (χ4n) is 4.15. The summed E-state index contributed by atoms with van der Waals surface area (Å²) in [5.41, 5.74) is -0.281. The maximum Gasteiger partial charge on any atom is 0.341 e. The number of hydrogen-bond acceptors (Lipinski definition) is 5. The van der Waals surface area contributed by atoms with Crippen molar-refractivity contribution in [2.75, 3.05) is 13.2 Å². The lowest BCUT2D eigenvalue weighted by atomic mass is 9.97. The Labute approximate surface area is 173 Å². The number of nitrogens with zero attached hydrogens (tertiary/aromatic N) is 2. The van der Waals surface area contributed by atoms with E-state index in [0.29, 0.717) is 36.1 Å². The Morgan fingerprint density at radius 1 is 1.38 bits per heavy atom. The fraction of sp³-hybridized carbons (Fsp3) is 0.476. The van der Waals surface area contributed by atoms with Gasteiger partial charge < -0.3 is 19.1 Å². The number of fused-ring (bicyclic) bond motifs is 4. The minimum absolute atomic E-state index is 0.187. The van der Waals surface area contributed by atoms with Gasteiger partial charge in [-0.15, -0.1) is 0 Å². The third-order valence-corrected chi connectivity index (χ3v) is 6.00. The highest BCUT2D eigenvalue weighted by Gasteiger charge is 2.41. The van der Waals surface area contributed by atoms with E-state index in [4.69, 9.17) is 21.1 Å². The van der Waals surface area contributed by atoms with Crippen LogP contribution in [0.5, 0.6) is 11.5 Å². The number of halogens is 1. The second-order valence-electron chi connectivity index (χ2n) is 7.66. The van der Waals surface area contributed by atoms with E-state index >= 15 is 0 Å². The molecule has 1 aliphatic carbocycles. The van der Waals surface area contributed by atoms with Gasteiger partial charge in [0.1, 0.15) is 17.9 Å². The van der Waals surface area contributed by atoms with Crippen molar-refractivity contribution in [2.45, 2.75) is 51.0 Å². The van der Waals surface area contributed by atoms with Gasteiger partial charge in [0.15, 0.2) is 22.1 Å². The molecular formula is C21H23ClN2O5. The van der Waals surface area contributed by atoms with E-state index in [-0.39, 0.29) is 10.7 Å². The number of hydrogen-bond donors (Lipinski definition) is 1. The summed E-state index contributed by atoms with van der Waals surface area (Å²) < 4.78 is 13.8. The molecule has 0 radical (unpaired) electrons. The Hall–Kier alpha value is -2.54. The first-order chi connectivity index (χ1) is 13.9. The first kappa shape index (κ1) is 19.8. The molecule has 0 unspecified atom stereocenters. The van der Waals surface area contributed by atoms with Crippen molar-refractivity contribution < 1.29 is 19.4 Å². The van der Waals surface area contributed by atoms with Crippen molar-refractivity contribution in [3.8, 4) is 22.9 Å². The molecule has 1 spiro atoms. The molecule has 29 heavy (non-hydrogen) atoms. The molecule has 0 bridgehead atoms. The first-order valence-corrected chi connectivity index (χ1v) is 10.3. The number of pyridine rings is 2. The number of rotatable bonds is 5. The van der Waals surface area contributed by atoms with E-state index in [1.807, 2.05) is 4.57 Å². The monoisotopic (exact) mass is 418 g/mol. The smallest absolute Gasteiger partial charge is 0.341 e. The molecule has 7 nitrogen and oxygen atoms in total. The van der Waals surface area contributed by atoms with Crippen molar-refractivity contribution in [1.29, 1.82) is 0 Å². The highest BCUT2D eigenvalue weighted by atomic mass is 35.5. The zero-order chi connectivity index (χ0) is 20.6. The van der Waals surface area contributed by atoms with Gasteiger partial charge in [-0.1, -0.05) is 37.8 Å². The van der Waals surface area contributed by atoms with E-state index in [0.717, 1.165) is 38.5 Å². The highest BCUT2D eigenvalue weighted by Crippen LogP contribution is 2.45. The molecular weight excluding hydrogens is 396 g/mol. The molecule has 0 aromatic carbocycles. The van der Waals surface area contributed by atoms with E-state index in [2.05, 4.69) is 11.9 Å². The third kappa shape index (κ3) is 3.48. The topological polar surface area (TPSA) is 90.6 Å². The van der Waals surface area contributed by atoms with Crippen LogP contribution in [0.4, 0.5) is 0 Å². The molecule has 0 amide bonds. The van der Waals surface area contributed by atoms with Gasteiger partial charge in [-0.2, -0.15) is 0 Å². The minimum atomic E-state index is -1.24. The second kappa shape index (κ2) is 7.71. The standard InChI is InChI=1S/C21H23ClN2O5/c1-2-3-8-28-17-10-16-18(23-19(17)22)14-9-15(25)13(20(26)27)11-24(14)21(12-29-16)6-4-5-7-21/h9-11H,2-8,12H2,1H3,(H,26,27). The van der Waals surface area contributed by atoms with Crippen LogP contribution in [-0.2, 0) is 5.54 Å². The highest BCUT2D eigenvalue weighted by molar-refractivity contribution is 6.31. The molecule has 1 saturated carbocycles. The summed E-state index contributed by atoms with van der Waals surface area (Å²) in [7, 11) is 0. The molecule has 2 aromatic heterocycles. The van der Waals surface area contributed by atoms with Crippen molar-refractivity contribution in [3.63, 3.8) is 0 Å². The van der Waals surface area contributed by atoms with Crippen molar-refractivity contribution in [1.82, 2.24) is 9.55 Å². The molecule has 1 aliphatic heterocycles. The SMILES string of the molecule is CCCCOc1cc2c(nc1Cl)-c1cc(=O)c(C(=O)O)cn1C1(CCCC1)CO2. The predicted molar refractivity (Wildman–Crippen MR) is 108 cm³/mol. The van der Waals surface area contributed by atoms with Gasteiger partial charge in [-0.05, 0) is 19.3 Å². The molecule has 3 heterocycles. The maximum atomic E-state index is 12.5. The quantitative estimate of drug-likeness (QED) is 0.580. The second-order valence-corrected chi connectivity index (χ2v) is 8.02. The normalized spacial score (nSPS) is 16.6. The van der Waals surface area contributed by atoms with Crippen LogP contribution in [0.15, 0.2) is 23.1 Å². The van der Waals surface area contributed by atoms with Gasteiger partial charge in [-0.25, -0.2) is 9.78 Å². The Kier molecular flexibility index (Phi) is 5.25. The van der Waals surface area contributed by atoms with E-state index < -0.39 is 16.9 Å². The predicted octanol–water partition coefficient (Wildman–Crippen LogP) is 4.10. The van der Waals surface area contributed by atoms with Crippen molar-refractivity contribution >= 4 is 17.6 Å². The number of aromatic nitrogens is 2. The van der Waals surface area contributed by atoms with Gasteiger partial charge in [0, 0.05) is 18.3 Å². The zero-order valence-electron chi connectivity index (χ0n) is 16.2. The van der Waals surface area contributed by atoms with E-state index in [9.17, 15) is 14.7 Å². The molecule has 1 N–H and O–H groups in total. The van der Waals surface area contributed by atoms with Crippen molar-refractivity contribution in [2.24, 2.45) is 0 Å². The third-order valence-electron chi connectivity index (χ3n) is 5.73. The molecule has 8 heteroatoms. The summed E-state index contributed by atoms with van der Waals surface area (Å²) in [5, 5.41) is 9.64. The molecule has 0 saturated heterocycles. The maximum absolute atomic E-state index is 12.5. The summed E-state index contributed by atoms with van der Waals surface area (Å²) in [6, 6.07) is 3.05. The Morgan fingerprint density at radius 3 is 2.83 bits per heavy atom. The lowest BCUT2D eigenvalue weighted by molar-refractivity contribution is 0.0693. The Bertz CT molecular complexity index is 1010. The summed E-state index contributed by atoms with van der Waals surface area (Å²) in [5.74, 6) is -0.312. The number of carboxylic acid groups (broad SMARTS) is 1. The molecule has 2 aliphatic rings. The van der Waals surface area contributed by atoms with Gasteiger partial charge in [0.25, 0.3) is 0 Å². The van der Waals surface area contributed by atoms with Gasteiger partial charge >= 0.3 is 5.97 Å². The molecule has 0 atom stereocenters. The number of carboxylic acids is 1. The van der Waals surface area contributed by atoms with Crippen LogP contribution in [0.25, 0.3) is 11.4 Å². The van der Waals surface area contributed by atoms with Gasteiger partial charge in [-0.3, -0.25) is 4.79 Å². The van der Waals surface area contributed by atoms with Crippen LogP contribution in [0.2, 0.25) is 5.15 Å². The van der Waals surface area contributed by atoms with Crippen LogP contribution in [-0.4, -0.2) is 33.8 Å². The lowest BCUT2D eigenvalue weighted by Crippen LogP contribution is -2.38. The van der Waals surface area contributed by atoms with Gasteiger partial charge in [0.05, 0.1) is 17.8 Å². The number of aromatic carboxylic acids is 1. The van der Waals surface area contributed by atoms with E-state index in [1.165, 1.54) is 12.3 Å². The number of carbonyl (C=O) groups is 1. The lowest BCUT2D eigenvalue weighted by Gasteiger charge is -2.32. The number of ether oxygens (including phenoxy) is 2. The van der Waals surface area contributed by atoms with Crippen molar-refractivity contribution in [3.05, 3.63) is 39.3 Å². The Balaban J connectivity index is 1.88. The summed E-state index contributed by atoms with van der Waals surface area (Å²) in [6.07, 6.45) is 7.02. The average Bonchev–Trinajstić information content (AvgIpc) is 3.13. The molecule has 1 fully saturated rings. The number of unbranched alkanes of at least 4 members (excludes halogenated alkanes) is 1. The summed E-state index contributed by atoms with van der Waals surface area (Å²) >= 11 is 6.36. The van der Waals surface area contributed by atoms with Crippen LogP contribution in [0.1, 0.15) is 55.8 Å². The van der Waals surface area contributed by atoms with Crippen LogP contribution >= 0.6 is 11.6 Å². The molecule has 154 valence electrons. The summed E-state index contributed by atoms with van der Waals surface area (Å²) in [4.78, 5) is 28.5. The van der Waals surface area contributed by atoms with Crippen LogP contribution in [0, 0.1) is 0 Å². The molecule has 4 rings (SSSR count). The molecule has 2 aromatic rings. The minimum Gasteiger partial charge on any atom is -0.490 e.